The van der Waals surface area contributed by atoms with Gasteiger partial charge >= 0.3 is 0 Å². The third kappa shape index (κ3) is 2.43. The van der Waals surface area contributed by atoms with E-state index in [4.69, 9.17) is 0 Å². The molecule has 78 valence electrons. The van der Waals surface area contributed by atoms with Crippen LogP contribution in [0, 0.1) is 0 Å². The highest BCUT2D eigenvalue weighted by molar-refractivity contribution is 9.11. The van der Waals surface area contributed by atoms with Crippen LogP contribution in [0.25, 0.3) is 0 Å². The van der Waals surface area contributed by atoms with Crippen LogP contribution >= 0.6 is 27.3 Å². The fourth-order valence-corrected chi connectivity index (χ4v) is 4.11. The van der Waals surface area contributed by atoms with Crippen LogP contribution < -0.4 is 5.32 Å². The SMILES string of the molecule is O=S1(=O)CCC(Nc2nnc(Br)s2)C1. The van der Waals surface area contributed by atoms with Gasteiger partial charge in [-0.3, -0.25) is 0 Å². The van der Waals surface area contributed by atoms with Crippen LogP contribution in [0.15, 0.2) is 3.92 Å². The molecule has 1 aromatic rings. The van der Waals surface area contributed by atoms with Crippen molar-refractivity contribution in [3.63, 3.8) is 0 Å². The van der Waals surface area contributed by atoms with Gasteiger partial charge in [-0.15, -0.1) is 10.2 Å². The third-order valence-electron chi connectivity index (χ3n) is 1.96. The number of nitrogens with zero attached hydrogens (tertiary/aromatic N) is 2. The van der Waals surface area contributed by atoms with E-state index < -0.39 is 9.84 Å². The van der Waals surface area contributed by atoms with Crippen molar-refractivity contribution in [1.29, 1.82) is 0 Å². The van der Waals surface area contributed by atoms with Crippen molar-refractivity contribution in [3.05, 3.63) is 3.92 Å². The molecule has 1 unspecified atom stereocenters. The van der Waals surface area contributed by atoms with E-state index in [1.807, 2.05) is 0 Å². The highest BCUT2D eigenvalue weighted by atomic mass is 79.9. The molecule has 0 aromatic carbocycles. The number of rotatable bonds is 2. The summed E-state index contributed by atoms with van der Waals surface area (Å²) in [5.41, 5.74) is 0. The Morgan fingerprint density at radius 3 is 2.79 bits per heavy atom. The Balaban J connectivity index is 2.00. The third-order valence-corrected chi connectivity index (χ3v) is 5.02. The molecule has 1 saturated heterocycles. The Kier molecular flexibility index (Phi) is 2.76. The van der Waals surface area contributed by atoms with Crippen LogP contribution in [0.1, 0.15) is 6.42 Å². The molecule has 0 bridgehead atoms. The highest BCUT2D eigenvalue weighted by Crippen LogP contribution is 2.23. The molecule has 1 fully saturated rings. The summed E-state index contributed by atoms with van der Waals surface area (Å²) in [7, 11) is -2.83. The Hall–Kier alpha value is -0.210. The van der Waals surface area contributed by atoms with E-state index in [1.165, 1.54) is 11.3 Å². The molecular weight excluding hydrogens is 290 g/mol. The second kappa shape index (κ2) is 3.74. The van der Waals surface area contributed by atoms with E-state index in [0.29, 0.717) is 15.5 Å². The topological polar surface area (TPSA) is 72.0 Å². The Labute approximate surface area is 94.0 Å². The molecule has 14 heavy (non-hydrogen) atoms. The van der Waals surface area contributed by atoms with E-state index in [2.05, 4.69) is 31.4 Å². The molecule has 1 aromatic heterocycles. The first-order valence-corrected chi connectivity index (χ1v) is 7.44. The number of anilines is 1. The summed E-state index contributed by atoms with van der Waals surface area (Å²) in [4.78, 5) is 0. The van der Waals surface area contributed by atoms with Crippen molar-refractivity contribution in [2.75, 3.05) is 16.8 Å². The molecule has 1 aliphatic rings. The molecule has 1 atom stereocenters. The minimum Gasteiger partial charge on any atom is -0.356 e. The van der Waals surface area contributed by atoms with Crippen LogP contribution in [0.4, 0.5) is 5.13 Å². The van der Waals surface area contributed by atoms with Crippen LogP contribution in [0.3, 0.4) is 0 Å². The summed E-state index contributed by atoms with van der Waals surface area (Å²) < 4.78 is 23.0. The van der Waals surface area contributed by atoms with Gasteiger partial charge in [0.25, 0.3) is 0 Å². The average molecular weight is 298 g/mol. The zero-order chi connectivity index (χ0) is 10.2. The van der Waals surface area contributed by atoms with Crippen molar-refractivity contribution < 1.29 is 8.42 Å². The van der Waals surface area contributed by atoms with Crippen molar-refractivity contribution in [1.82, 2.24) is 10.2 Å². The average Bonchev–Trinajstić information content (AvgIpc) is 2.59. The van der Waals surface area contributed by atoms with Crippen molar-refractivity contribution in [2.45, 2.75) is 12.5 Å². The van der Waals surface area contributed by atoms with Gasteiger partial charge in [0.1, 0.15) is 0 Å². The molecule has 0 spiro atoms. The maximum atomic E-state index is 11.2. The van der Waals surface area contributed by atoms with Crippen LogP contribution in [-0.2, 0) is 9.84 Å². The number of hydrogen-bond acceptors (Lipinski definition) is 6. The lowest BCUT2D eigenvalue weighted by molar-refractivity contribution is 0.602. The van der Waals surface area contributed by atoms with Gasteiger partial charge in [0.15, 0.2) is 13.8 Å². The van der Waals surface area contributed by atoms with Crippen molar-refractivity contribution in [2.24, 2.45) is 0 Å². The van der Waals surface area contributed by atoms with Gasteiger partial charge in [-0.2, -0.15) is 0 Å². The number of sulfone groups is 1. The summed E-state index contributed by atoms with van der Waals surface area (Å²) in [5.74, 6) is 0.467. The number of nitrogens with one attached hydrogen (secondary N) is 1. The van der Waals surface area contributed by atoms with Gasteiger partial charge in [0, 0.05) is 6.04 Å². The second-order valence-electron chi connectivity index (χ2n) is 3.10. The first-order chi connectivity index (χ1) is 6.55. The van der Waals surface area contributed by atoms with Gasteiger partial charge in [-0.05, 0) is 22.4 Å². The Morgan fingerprint density at radius 2 is 2.29 bits per heavy atom. The maximum absolute atomic E-state index is 11.2. The summed E-state index contributed by atoms with van der Waals surface area (Å²) >= 11 is 4.55. The predicted octanol–water partition coefficient (Wildman–Crippen LogP) is 0.900. The second-order valence-corrected chi connectivity index (χ2v) is 7.59. The molecular formula is C6H8BrN3O2S2. The number of hydrogen-bond donors (Lipinski definition) is 1. The normalized spacial score (nSPS) is 25.1. The first-order valence-electron chi connectivity index (χ1n) is 4.01. The molecule has 0 saturated carbocycles. The Morgan fingerprint density at radius 1 is 1.50 bits per heavy atom. The summed E-state index contributed by atoms with van der Waals surface area (Å²) in [6.07, 6.45) is 0.652. The van der Waals surface area contributed by atoms with Crippen LogP contribution in [0.5, 0.6) is 0 Å². The lowest BCUT2D eigenvalue weighted by Crippen LogP contribution is -2.20. The first kappa shape index (κ1) is 10.3. The smallest absolute Gasteiger partial charge is 0.206 e. The predicted molar refractivity (Wildman–Crippen MR) is 58.3 cm³/mol. The van der Waals surface area contributed by atoms with Crippen molar-refractivity contribution in [3.8, 4) is 0 Å². The van der Waals surface area contributed by atoms with E-state index in [-0.39, 0.29) is 17.5 Å². The zero-order valence-electron chi connectivity index (χ0n) is 7.10. The summed E-state index contributed by atoms with van der Waals surface area (Å²) in [6, 6.07) is -0.0140. The molecule has 2 rings (SSSR count). The fraction of sp³-hybridized carbons (Fsp3) is 0.667. The maximum Gasteiger partial charge on any atom is 0.206 e. The van der Waals surface area contributed by atoms with E-state index >= 15 is 0 Å². The van der Waals surface area contributed by atoms with Gasteiger partial charge in [-0.25, -0.2) is 8.42 Å². The highest BCUT2D eigenvalue weighted by Gasteiger charge is 2.28. The molecule has 1 aliphatic heterocycles. The summed E-state index contributed by atoms with van der Waals surface area (Å²) in [5, 5.41) is 11.3. The lowest BCUT2D eigenvalue weighted by atomic mass is 10.3. The molecule has 0 aliphatic carbocycles. The fourth-order valence-electron chi connectivity index (χ4n) is 1.35. The van der Waals surface area contributed by atoms with Crippen LogP contribution in [-0.4, -0.2) is 36.2 Å². The minimum absolute atomic E-state index is 0.0140. The lowest BCUT2D eigenvalue weighted by Gasteiger charge is -2.07. The zero-order valence-corrected chi connectivity index (χ0v) is 10.3. The standard InChI is InChI=1S/C6H8BrN3O2S2/c7-5-9-10-6(13-5)8-4-1-2-14(11,12)3-4/h4H,1-3H2,(H,8,10). The van der Waals surface area contributed by atoms with Gasteiger partial charge in [-0.1, -0.05) is 11.3 Å². The van der Waals surface area contributed by atoms with Gasteiger partial charge < -0.3 is 5.32 Å². The van der Waals surface area contributed by atoms with E-state index in [9.17, 15) is 8.42 Å². The molecule has 1 N–H and O–H groups in total. The molecule has 2 heterocycles. The molecule has 0 amide bonds. The monoisotopic (exact) mass is 297 g/mol. The van der Waals surface area contributed by atoms with Gasteiger partial charge in [0.05, 0.1) is 11.5 Å². The number of aromatic nitrogens is 2. The Bertz CT molecular complexity index is 430. The van der Waals surface area contributed by atoms with Crippen LogP contribution in [0.2, 0.25) is 0 Å². The van der Waals surface area contributed by atoms with E-state index in [0.717, 1.165) is 0 Å². The molecule has 8 heteroatoms. The van der Waals surface area contributed by atoms with Gasteiger partial charge in [0.2, 0.25) is 5.13 Å². The largest absolute Gasteiger partial charge is 0.356 e. The molecule has 5 nitrogen and oxygen atoms in total. The quantitative estimate of drug-likeness (QED) is 0.878. The number of halogens is 1. The van der Waals surface area contributed by atoms with E-state index in [1.54, 1.807) is 0 Å². The molecule has 0 radical (unpaired) electrons. The minimum atomic E-state index is -2.83. The summed E-state index contributed by atoms with van der Waals surface area (Å²) in [6.45, 7) is 0. The van der Waals surface area contributed by atoms with Crippen molar-refractivity contribution >= 4 is 42.2 Å².